The number of ether oxygens (including phenoxy) is 2. The molecule has 2 fully saturated rings. The Bertz CT molecular complexity index is 1100. The first-order valence-corrected chi connectivity index (χ1v) is 13.4. The third-order valence-corrected chi connectivity index (χ3v) is 8.56. The Labute approximate surface area is 206 Å². The van der Waals surface area contributed by atoms with Crippen LogP contribution in [0.2, 0.25) is 0 Å². The molecule has 1 aromatic heterocycles. The first-order chi connectivity index (χ1) is 16.8. The maximum atomic E-state index is 13.6. The van der Waals surface area contributed by atoms with Crippen LogP contribution in [0.3, 0.4) is 0 Å². The van der Waals surface area contributed by atoms with Gasteiger partial charge in [-0.1, -0.05) is 18.2 Å². The molecule has 0 unspecified atom stereocenters. The van der Waals surface area contributed by atoms with E-state index in [1.807, 2.05) is 12.1 Å². The largest absolute Gasteiger partial charge is 0.389 e. The number of rotatable bonds is 7. The lowest BCUT2D eigenvalue weighted by Gasteiger charge is -2.43. The maximum Gasteiger partial charge on any atom is 0.243 e. The third kappa shape index (κ3) is 6.45. The Kier molecular flexibility index (Phi) is 8.51. The molecular formula is C25H33N3O6S. The summed E-state index contributed by atoms with van der Waals surface area (Å²) in [7, 11) is -3.86. The van der Waals surface area contributed by atoms with E-state index in [0.717, 1.165) is 5.56 Å². The van der Waals surface area contributed by atoms with Gasteiger partial charge in [0.1, 0.15) is 0 Å². The summed E-state index contributed by atoms with van der Waals surface area (Å²) in [6.07, 6.45) is 3.63. The van der Waals surface area contributed by atoms with Gasteiger partial charge >= 0.3 is 0 Å². The van der Waals surface area contributed by atoms with Gasteiger partial charge in [0.2, 0.25) is 15.9 Å². The number of hydrogen-bond acceptors (Lipinski definition) is 7. The Hall–Kier alpha value is -2.37. The number of nitrogens with zero attached hydrogens (tertiary/aromatic N) is 2. The van der Waals surface area contributed by atoms with Crippen LogP contribution in [0.25, 0.3) is 0 Å². The second-order valence-electron chi connectivity index (χ2n) is 9.13. The summed E-state index contributed by atoms with van der Waals surface area (Å²) >= 11 is 0. The number of sulfonamides is 1. The van der Waals surface area contributed by atoms with Crippen molar-refractivity contribution in [2.75, 3.05) is 26.3 Å². The van der Waals surface area contributed by atoms with Gasteiger partial charge in [0.15, 0.2) is 0 Å². The van der Waals surface area contributed by atoms with E-state index in [0.29, 0.717) is 31.4 Å². The number of aryl methyl sites for hydroxylation is 1. The molecule has 2 aromatic rings. The number of carbonyl (C=O) groups excluding carboxylic acids is 1. The number of carbonyl (C=O) groups is 1. The van der Waals surface area contributed by atoms with Gasteiger partial charge in [-0.2, -0.15) is 4.31 Å². The van der Waals surface area contributed by atoms with E-state index >= 15 is 0 Å². The zero-order valence-corrected chi connectivity index (χ0v) is 20.7. The molecule has 1 amide bonds. The van der Waals surface area contributed by atoms with Gasteiger partial charge in [0.05, 0.1) is 48.9 Å². The molecule has 0 bridgehead atoms. The summed E-state index contributed by atoms with van der Waals surface area (Å²) in [6, 6.07) is 10.2. The van der Waals surface area contributed by atoms with Crippen LogP contribution in [0.4, 0.5) is 0 Å². The van der Waals surface area contributed by atoms with Gasteiger partial charge in [0.25, 0.3) is 0 Å². The molecular weight excluding hydrogens is 470 g/mol. The summed E-state index contributed by atoms with van der Waals surface area (Å²) in [6.45, 7) is 2.38. The van der Waals surface area contributed by atoms with E-state index in [1.165, 1.54) is 4.31 Å². The smallest absolute Gasteiger partial charge is 0.243 e. The minimum Gasteiger partial charge on any atom is -0.389 e. The van der Waals surface area contributed by atoms with Crippen LogP contribution >= 0.6 is 0 Å². The molecule has 1 aromatic carbocycles. The topological polar surface area (TPSA) is 118 Å². The fourth-order valence-corrected chi connectivity index (χ4v) is 6.66. The number of β-amino-alcohol motifs (C(OH)–C–C–N with tert-alkyl or cyclic N) is 1. The van der Waals surface area contributed by atoms with Crippen LogP contribution in [0, 0.1) is 6.92 Å². The summed E-state index contributed by atoms with van der Waals surface area (Å²) in [5.41, 5.74) is 1.75. The summed E-state index contributed by atoms with van der Waals surface area (Å²) < 4.78 is 40.4. The summed E-state index contributed by atoms with van der Waals surface area (Å²) in [4.78, 5) is 16.7. The van der Waals surface area contributed by atoms with Crippen LogP contribution in [0.15, 0.2) is 53.7 Å². The molecule has 190 valence electrons. The van der Waals surface area contributed by atoms with E-state index in [9.17, 15) is 18.3 Å². The zero-order valence-electron chi connectivity index (χ0n) is 19.9. The highest BCUT2D eigenvalue weighted by atomic mass is 32.2. The minimum atomic E-state index is -3.86. The lowest BCUT2D eigenvalue weighted by molar-refractivity contribution is -0.146. The number of aliphatic hydroxyl groups is 1. The molecule has 2 aliphatic rings. The number of benzene rings is 1. The molecule has 9 nitrogen and oxygen atoms in total. The van der Waals surface area contributed by atoms with Gasteiger partial charge in [-0.3, -0.25) is 9.78 Å². The van der Waals surface area contributed by atoms with Crippen LogP contribution < -0.4 is 5.32 Å². The van der Waals surface area contributed by atoms with E-state index in [4.69, 9.17) is 9.47 Å². The lowest BCUT2D eigenvalue weighted by atomic mass is 9.96. The molecule has 0 aliphatic carbocycles. The number of pyridine rings is 1. The highest BCUT2D eigenvalue weighted by molar-refractivity contribution is 7.89. The van der Waals surface area contributed by atoms with E-state index in [2.05, 4.69) is 10.3 Å². The maximum absolute atomic E-state index is 13.6. The van der Waals surface area contributed by atoms with Crippen molar-refractivity contribution in [1.82, 2.24) is 14.6 Å². The number of fused-ring (bicyclic) bond motifs is 1. The monoisotopic (exact) mass is 503 g/mol. The van der Waals surface area contributed by atoms with Crippen molar-refractivity contribution >= 4 is 15.9 Å². The molecule has 2 saturated heterocycles. The van der Waals surface area contributed by atoms with Crippen molar-refractivity contribution in [2.45, 2.75) is 61.9 Å². The van der Waals surface area contributed by atoms with E-state index < -0.39 is 28.3 Å². The Morgan fingerprint density at radius 3 is 2.71 bits per heavy atom. The average molecular weight is 504 g/mol. The quantitative estimate of drug-likeness (QED) is 0.587. The van der Waals surface area contributed by atoms with Crippen LogP contribution in [-0.2, 0) is 30.7 Å². The number of aromatic nitrogens is 1. The van der Waals surface area contributed by atoms with E-state index in [1.54, 1.807) is 43.6 Å². The molecule has 4 rings (SSSR count). The van der Waals surface area contributed by atoms with Gasteiger partial charge in [0, 0.05) is 25.5 Å². The average Bonchev–Trinajstić information content (AvgIpc) is 2.82. The number of hydrogen-bond donors (Lipinski definition) is 2. The Balaban J connectivity index is 1.40. The molecule has 0 saturated carbocycles. The first kappa shape index (κ1) is 25.7. The van der Waals surface area contributed by atoms with Crippen molar-refractivity contribution in [3.8, 4) is 0 Å². The summed E-state index contributed by atoms with van der Waals surface area (Å²) in [5.74, 6) is -0.103. The molecule has 10 heteroatoms. The summed E-state index contributed by atoms with van der Waals surface area (Å²) in [5, 5.41) is 13.3. The Morgan fingerprint density at radius 2 is 1.94 bits per heavy atom. The van der Waals surface area contributed by atoms with Crippen LogP contribution in [-0.4, -0.2) is 79.4 Å². The second kappa shape index (κ2) is 11.6. The predicted octanol–water partition coefficient (Wildman–Crippen LogP) is 1.44. The number of amides is 1. The predicted molar refractivity (Wildman–Crippen MR) is 129 cm³/mol. The highest BCUT2D eigenvalue weighted by Crippen LogP contribution is 2.32. The van der Waals surface area contributed by atoms with Gasteiger partial charge < -0.3 is 19.9 Å². The lowest BCUT2D eigenvalue weighted by Crippen LogP contribution is -2.57. The third-order valence-electron chi connectivity index (χ3n) is 6.51. The van der Waals surface area contributed by atoms with Crippen molar-refractivity contribution in [1.29, 1.82) is 0 Å². The van der Waals surface area contributed by atoms with Gasteiger partial charge in [-0.15, -0.1) is 0 Å². The molecule has 2 aliphatic heterocycles. The standard InChI is InChI=1S/C25H33N3O6S/c1-18-4-2-3-5-24(18)35(31,32)28-15-20(29)16-33-17-23-22(28)7-6-21(34-23)14-25(30)27-13-10-19-8-11-26-12-9-19/h2-5,8-9,11-12,20-23,29H,6-7,10,13-17H2,1H3,(H,27,30)/t20-,21-,22+,23-/m1/s1. The first-order valence-electron chi connectivity index (χ1n) is 12.0. The molecule has 3 heterocycles. The van der Waals surface area contributed by atoms with Crippen molar-refractivity contribution in [3.05, 3.63) is 59.9 Å². The van der Waals surface area contributed by atoms with Crippen molar-refractivity contribution in [2.24, 2.45) is 0 Å². The number of aliphatic hydroxyl groups excluding tert-OH is 1. The van der Waals surface area contributed by atoms with Crippen molar-refractivity contribution in [3.63, 3.8) is 0 Å². The zero-order chi connectivity index (χ0) is 24.8. The molecule has 4 atom stereocenters. The van der Waals surface area contributed by atoms with Gasteiger partial charge in [-0.25, -0.2) is 8.42 Å². The van der Waals surface area contributed by atoms with Crippen molar-refractivity contribution < 1.29 is 27.8 Å². The SMILES string of the molecule is Cc1ccccc1S(=O)(=O)N1C[C@@H](O)COC[C@H]2O[C@@H](CC(=O)NCCc3ccncc3)CC[C@@H]21. The molecule has 2 N–H and O–H groups in total. The fraction of sp³-hybridized carbons (Fsp3) is 0.520. The van der Waals surface area contributed by atoms with Crippen LogP contribution in [0.1, 0.15) is 30.4 Å². The van der Waals surface area contributed by atoms with Gasteiger partial charge in [-0.05, 0) is 55.5 Å². The Morgan fingerprint density at radius 1 is 1.17 bits per heavy atom. The number of nitrogens with one attached hydrogen (secondary N) is 1. The van der Waals surface area contributed by atoms with Crippen LogP contribution in [0.5, 0.6) is 0 Å². The normalized spacial score (nSPS) is 25.8. The van der Waals surface area contributed by atoms with E-state index in [-0.39, 0.29) is 43.1 Å². The molecule has 0 spiro atoms. The molecule has 35 heavy (non-hydrogen) atoms. The highest BCUT2D eigenvalue weighted by Gasteiger charge is 2.43. The molecule has 0 radical (unpaired) electrons. The minimum absolute atomic E-state index is 0.0204. The second-order valence-corrected chi connectivity index (χ2v) is 11.0. The fourth-order valence-electron chi connectivity index (χ4n) is 4.72.